The van der Waals surface area contributed by atoms with Crippen LogP contribution in [0.4, 0.5) is 5.00 Å². The lowest BCUT2D eigenvalue weighted by molar-refractivity contribution is -0.123. The fraction of sp³-hybridized carbons (Fsp3) is 0.286. The minimum atomic E-state index is -0.819. The zero-order valence-corrected chi connectivity index (χ0v) is 28.5. The van der Waals surface area contributed by atoms with Crippen LogP contribution in [0.15, 0.2) is 54.1 Å². The molecule has 2 unspecified atom stereocenters. The van der Waals surface area contributed by atoms with Gasteiger partial charge in [0.15, 0.2) is 11.5 Å². The predicted octanol–water partition coefficient (Wildman–Crippen LogP) is 8.27. The Balaban J connectivity index is 1.39. The number of rotatable bonds is 8. The molecule has 0 saturated carbocycles. The van der Waals surface area contributed by atoms with Crippen molar-refractivity contribution >= 4 is 57.6 Å². The Morgan fingerprint density at radius 3 is 2.37 bits per heavy atom. The van der Waals surface area contributed by atoms with E-state index in [1.165, 1.54) is 32.7 Å². The Labute approximate surface area is 282 Å². The number of aromatic nitrogens is 2. The number of alkyl halides is 1. The van der Waals surface area contributed by atoms with Crippen LogP contribution in [0.25, 0.3) is 17.8 Å². The number of allylic oxidation sites excluding steroid dienone is 2. The highest BCUT2D eigenvalue weighted by Crippen LogP contribution is 2.54. The van der Waals surface area contributed by atoms with Crippen molar-refractivity contribution in [3.05, 3.63) is 92.1 Å². The molecule has 1 amide bonds. The minimum absolute atomic E-state index is 0.266. The highest BCUT2D eigenvalue weighted by molar-refractivity contribution is 7.17. The van der Waals surface area contributed by atoms with Gasteiger partial charge in [-0.1, -0.05) is 49.7 Å². The van der Waals surface area contributed by atoms with Crippen LogP contribution in [-0.4, -0.2) is 42.4 Å². The van der Waals surface area contributed by atoms with Crippen molar-refractivity contribution in [2.45, 2.75) is 44.0 Å². The van der Waals surface area contributed by atoms with E-state index >= 15 is 0 Å². The van der Waals surface area contributed by atoms with Crippen LogP contribution < -0.4 is 19.1 Å². The van der Waals surface area contributed by atoms with Gasteiger partial charge in [0.05, 0.1) is 44.3 Å². The quantitative estimate of drug-likeness (QED) is 0.138. The maximum absolute atomic E-state index is 13.4. The molecular weight excluding hydrogens is 643 g/mol. The number of halogens is 2. The monoisotopic (exact) mass is 674 g/mol. The number of anilines is 1. The predicted molar refractivity (Wildman–Crippen MR) is 183 cm³/mol. The summed E-state index contributed by atoms with van der Waals surface area (Å²) in [6, 6.07) is 15.2. The van der Waals surface area contributed by atoms with Gasteiger partial charge in [0.2, 0.25) is 11.7 Å². The molecule has 2 atom stereocenters. The molecule has 4 aromatic rings. The van der Waals surface area contributed by atoms with Crippen LogP contribution in [0.2, 0.25) is 5.15 Å². The third-order valence-electron chi connectivity index (χ3n) is 8.42. The van der Waals surface area contributed by atoms with E-state index in [9.17, 15) is 10.1 Å². The van der Waals surface area contributed by atoms with Crippen LogP contribution in [0, 0.1) is 18.3 Å². The third-order valence-corrected chi connectivity index (χ3v) is 10.8. The van der Waals surface area contributed by atoms with E-state index in [4.69, 9.17) is 37.4 Å². The first-order valence-corrected chi connectivity index (χ1v) is 16.2. The molecule has 0 spiro atoms. The average molecular weight is 676 g/mol. The first kappa shape index (κ1) is 31.7. The van der Waals surface area contributed by atoms with Crippen molar-refractivity contribution in [1.82, 2.24) is 9.78 Å². The van der Waals surface area contributed by atoms with Crippen molar-refractivity contribution in [3.63, 3.8) is 0 Å². The molecule has 46 heavy (non-hydrogen) atoms. The molecule has 2 aromatic heterocycles. The summed E-state index contributed by atoms with van der Waals surface area (Å²) in [6.07, 6.45) is 6.79. The zero-order valence-electron chi connectivity index (χ0n) is 26.2. The van der Waals surface area contributed by atoms with Crippen molar-refractivity contribution in [2.75, 3.05) is 26.2 Å². The smallest absolute Gasteiger partial charge is 0.248 e. The molecule has 0 N–H and O–H groups in total. The van der Waals surface area contributed by atoms with Gasteiger partial charge >= 0.3 is 0 Å². The van der Waals surface area contributed by atoms with Gasteiger partial charge < -0.3 is 14.2 Å². The lowest BCUT2D eigenvalue weighted by atomic mass is 9.77. The van der Waals surface area contributed by atoms with Crippen LogP contribution in [0.1, 0.15) is 59.1 Å². The minimum Gasteiger partial charge on any atom is -0.493 e. The molecule has 1 aliphatic carbocycles. The second-order valence-corrected chi connectivity index (χ2v) is 13.6. The molecule has 1 aliphatic heterocycles. The third kappa shape index (κ3) is 5.15. The largest absolute Gasteiger partial charge is 0.493 e. The molecule has 2 aliphatic rings. The Bertz CT molecular complexity index is 1930. The second kappa shape index (κ2) is 12.2. The van der Waals surface area contributed by atoms with Crippen LogP contribution in [-0.2, 0) is 10.2 Å². The number of methoxy groups -OCH3 is 3. The summed E-state index contributed by atoms with van der Waals surface area (Å²) in [5.74, 6) is 1.09. The van der Waals surface area contributed by atoms with E-state index in [2.05, 4.69) is 25.0 Å². The molecule has 0 bridgehead atoms. The Hall–Kier alpha value is -4.23. The maximum atomic E-state index is 13.4. The fourth-order valence-corrected chi connectivity index (χ4v) is 8.26. The molecule has 11 heteroatoms. The van der Waals surface area contributed by atoms with Crippen molar-refractivity contribution < 1.29 is 19.0 Å². The number of thiophene rings is 1. The summed E-state index contributed by atoms with van der Waals surface area (Å²) in [5, 5.41) is 15.4. The van der Waals surface area contributed by atoms with Gasteiger partial charge in [-0.25, -0.2) is 4.68 Å². The summed E-state index contributed by atoms with van der Waals surface area (Å²) >= 11 is 14.9. The molecule has 3 heterocycles. The van der Waals surface area contributed by atoms with Crippen molar-refractivity contribution in [2.24, 2.45) is 0 Å². The van der Waals surface area contributed by atoms with E-state index in [1.54, 1.807) is 21.7 Å². The standard InChI is InChI=1S/C35H32Cl2N4O4S/c1-19-23(32(37)41(39-19)22-10-8-7-9-11-22)13-12-20-14-24-25(18-38)34(46-31(24)35(2,3)17-20)40-29(28(36)33(40)42)21-15-26(43-4)30(45-6)27(16-21)44-5/h7-16,28-29H,17H2,1-6H3/b13-12-. The molecule has 0 radical (unpaired) electrons. The van der Waals surface area contributed by atoms with Crippen LogP contribution in [0.5, 0.6) is 17.2 Å². The van der Waals surface area contributed by atoms with E-state index in [0.717, 1.165) is 39.4 Å². The Morgan fingerprint density at radius 1 is 1.09 bits per heavy atom. The average Bonchev–Trinajstić information content (AvgIpc) is 3.57. The van der Waals surface area contributed by atoms with E-state index in [0.29, 0.717) is 38.5 Å². The second-order valence-electron chi connectivity index (χ2n) is 11.8. The van der Waals surface area contributed by atoms with Gasteiger partial charge in [-0.05, 0) is 60.9 Å². The summed E-state index contributed by atoms with van der Waals surface area (Å²) in [5.41, 5.74) is 5.22. The van der Waals surface area contributed by atoms with Crippen molar-refractivity contribution in [1.29, 1.82) is 5.26 Å². The van der Waals surface area contributed by atoms with Crippen molar-refractivity contribution in [3.8, 4) is 29.0 Å². The van der Waals surface area contributed by atoms with Gasteiger partial charge in [-0.2, -0.15) is 10.4 Å². The van der Waals surface area contributed by atoms with Gasteiger partial charge in [-0.15, -0.1) is 22.9 Å². The highest BCUT2D eigenvalue weighted by Gasteiger charge is 2.51. The molecule has 8 nitrogen and oxygen atoms in total. The van der Waals surface area contributed by atoms with Gasteiger partial charge in [0.25, 0.3) is 0 Å². The molecule has 6 rings (SSSR count). The first-order chi connectivity index (χ1) is 22.0. The number of benzene rings is 2. The number of para-hydroxylation sites is 1. The summed E-state index contributed by atoms with van der Waals surface area (Å²) in [4.78, 5) is 16.0. The number of hydrogen-bond donors (Lipinski definition) is 0. The summed E-state index contributed by atoms with van der Waals surface area (Å²) < 4.78 is 18.3. The van der Waals surface area contributed by atoms with Gasteiger partial charge in [-0.3, -0.25) is 9.69 Å². The highest BCUT2D eigenvalue weighted by atomic mass is 35.5. The molecule has 236 valence electrons. The molecular formula is C35H32Cl2N4O4S. The SMILES string of the molecule is COc1cc(C2C(Cl)C(=O)N2c2sc3c(c2C#N)C=C(/C=C\c2c(C)nn(-c4ccccc4)c2Cl)CC3(C)C)cc(OC)c1OC. The number of nitriles is 1. The van der Waals surface area contributed by atoms with Gasteiger partial charge in [0, 0.05) is 21.4 Å². The number of carbonyl (C=O) groups is 1. The topological polar surface area (TPSA) is 89.6 Å². The number of amides is 1. The number of ether oxygens (including phenoxy) is 3. The summed E-state index contributed by atoms with van der Waals surface area (Å²) in [7, 11) is 4.61. The van der Waals surface area contributed by atoms with E-state index in [-0.39, 0.29) is 11.3 Å². The number of aryl methyl sites for hydroxylation is 1. The summed E-state index contributed by atoms with van der Waals surface area (Å²) in [6.45, 7) is 6.23. The van der Waals surface area contributed by atoms with Crippen LogP contribution in [0.3, 0.4) is 0 Å². The number of fused-ring (bicyclic) bond motifs is 1. The normalized spacial score (nSPS) is 18.5. The Kier molecular flexibility index (Phi) is 8.40. The Morgan fingerprint density at radius 2 is 1.76 bits per heavy atom. The van der Waals surface area contributed by atoms with E-state index < -0.39 is 11.4 Å². The van der Waals surface area contributed by atoms with E-state index in [1.807, 2.05) is 55.5 Å². The fourth-order valence-electron chi connectivity index (χ4n) is 6.19. The first-order valence-electron chi connectivity index (χ1n) is 14.6. The lowest BCUT2D eigenvalue weighted by Gasteiger charge is -2.44. The molecule has 2 aromatic carbocycles. The molecule has 1 fully saturated rings. The number of carbonyl (C=O) groups excluding carboxylic acids is 1. The van der Waals surface area contributed by atoms with Gasteiger partial charge in [0.1, 0.15) is 21.6 Å². The lowest BCUT2D eigenvalue weighted by Crippen LogP contribution is -2.56. The maximum Gasteiger partial charge on any atom is 0.248 e. The number of β-lactam (4-membered cyclic amide) rings is 1. The number of hydrogen-bond acceptors (Lipinski definition) is 7. The zero-order chi connectivity index (χ0) is 32.9. The number of nitrogens with zero attached hydrogens (tertiary/aromatic N) is 4. The molecule has 1 saturated heterocycles. The van der Waals surface area contributed by atoms with Crippen LogP contribution >= 0.6 is 34.5 Å².